The Balaban J connectivity index is 0.00000178. The van der Waals surface area contributed by atoms with E-state index in [-0.39, 0.29) is 0 Å². The van der Waals surface area contributed by atoms with E-state index in [0.29, 0.717) is 17.6 Å². The SMILES string of the molecule is CC.c1ccc(-c2nc(-c3ccccc3)nc(-n3c4cc5ccccc5cc4c4cccc(-c5cccc6c5sc5ccc7ccccc7c56)c43)n2)cc1. The average molecular weight is 711 g/mol. The fourth-order valence-corrected chi connectivity index (χ4v) is 9.10. The average Bonchev–Trinajstić information content (AvgIpc) is 3.80. The molecule has 0 aliphatic rings. The summed E-state index contributed by atoms with van der Waals surface area (Å²) in [6.07, 6.45) is 0. The van der Waals surface area contributed by atoms with Gasteiger partial charge in [-0.25, -0.2) is 4.98 Å². The lowest BCUT2D eigenvalue weighted by atomic mass is 9.98. The monoisotopic (exact) mass is 710 g/mol. The second-order valence-corrected chi connectivity index (χ2v) is 14.3. The smallest absolute Gasteiger partial charge is 0.238 e. The van der Waals surface area contributed by atoms with E-state index in [0.717, 1.165) is 38.5 Å². The van der Waals surface area contributed by atoms with Crippen LogP contribution in [0.5, 0.6) is 0 Å². The Morgan fingerprint density at radius 1 is 0.444 bits per heavy atom. The molecule has 0 fully saturated rings. The van der Waals surface area contributed by atoms with Crippen molar-refractivity contribution in [2.45, 2.75) is 13.8 Å². The molecule has 54 heavy (non-hydrogen) atoms. The third kappa shape index (κ3) is 5.08. The summed E-state index contributed by atoms with van der Waals surface area (Å²) in [5.74, 6) is 1.86. The second kappa shape index (κ2) is 13.1. The van der Waals surface area contributed by atoms with Crippen LogP contribution in [0, 0.1) is 0 Å². The third-order valence-electron chi connectivity index (χ3n) is 10.2. The number of benzene rings is 8. The van der Waals surface area contributed by atoms with Crippen molar-refractivity contribution in [1.82, 2.24) is 19.5 Å². The highest BCUT2D eigenvalue weighted by Crippen LogP contribution is 2.46. The fourth-order valence-electron chi connectivity index (χ4n) is 7.85. The van der Waals surface area contributed by atoms with Gasteiger partial charge in [0.2, 0.25) is 5.95 Å². The maximum absolute atomic E-state index is 5.26. The van der Waals surface area contributed by atoms with Gasteiger partial charge in [0.15, 0.2) is 11.6 Å². The number of nitrogens with zero attached hydrogens (tertiary/aromatic N) is 4. The molecule has 0 bridgehead atoms. The molecular formula is C49H34N4S. The van der Waals surface area contributed by atoms with Crippen molar-refractivity contribution >= 4 is 74.9 Å². The largest absolute Gasteiger partial charge is 0.277 e. The zero-order valence-corrected chi connectivity index (χ0v) is 30.7. The molecule has 11 rings (SSSR count). The summed E-state index contributed by atoms with van der Waals surface area (Å²) in [6.45, 7) is 4.00. The first-order valence-electron chi connectivity index (χ1n) is 18.5. The maximum Gasteiger partial charge on any atom is 0.238 e. The van der Waals surface area contributed by atoms with E-state index in [1.807, 2.05) is 61.6 Å². The standard InChI is InChI=1S/C47H28N4S.C2H6/c1-3-14-30(15-4-1)45-48-46(31-16-5-2-6-17-31)50-47(49-45)51-40-28-33-19-8-7-18-32(33)27-39(40)36-22-11-21-35(43(36)51)37-23-12-24-38-42-34-20-10-9-13-29(34)25-26-41(42)52-44(37)38;1-2/h1-28H;1-2H3. The molecule has 0 saturated heterocycles. The van der Waals surface area contributed by atoms with Gasteiger partial charge >= 0.3 is 0 Å². The van der Waals surface area contributed by atoms with Crippen molar-refractivity contribution in [3.8, 4) is 39.9 Å². The molecule has 0 aliphatic heterocycles. The zero-order valence-electron chi connectivity index (χ0n) is 29.9. The minimum atomic E-state index is 0.588. The lowest BCUT2D eigenvalue weighted by molar-refractivity contribution is 0.954. The molecule has 0 spiro atoms. The van der Waals surface area contributed by atoms with Gasteiger partial charge in [-0.2, -0.15) is 9.97 Å². The fraction of sp³-hybridized carbons (Fsp3) is 0.0408. The number of para-hydroxylation sites is 1. The van der Waals surface area contributed by atoms with Crippen molar-refractivity contribution in [2.24, 2.45) is 0 Å². The van der Waals surface area contributed by atoms with Crippen molar-refractivity contribution in [3.05, 3.63) is 170 Å². The molecule has 3 aromatic heterocycles. The first kappa shape index (κ1) is 32.0. The second-order valence-electron chi connectivity index (χ2n) is 13.2. The molecule has 0 N–H and O–H groups in total. The highest BCUT2D eigenvalue weighted by atomic mass is 32.1. The van der Waals surface area contributed by atoms with Crippen LogP contribution in [0.1, 0.15) is 13.8 Å². The Bertz CT molecular complexity index is 3120. The lowest BCUT2D eigenvalue weighted by Gasteiger charge is -2.13. The molecule has 4 nitrogen and oxygen atoms in total. The highest BCUT2D eigenvalue weighted by Gasteiger charge is 2.22. The first-order chi connectivity index (χ1) is 26.8. The highest BCUT2D eigenvalue weighted by molar-refractivity contribution is 7.26. The molecule has 0 radical (unpaired) electrons. The number of aromatic nitrogens is 4. The molecule has 0 aliphatic carbocycles. The van der Waals surface area contributed by atoms with Crippen LogP contribution in [-0.4, -0.2) is 19.5 Å². The molecule has 3 heterocycles. The summed E-state index contributed by atoms with van der Waals surface area (Å²) in [5.41, 5.74) is 6.35. The molecular weight excluding hydrogens is 677 g/mol. The topological polar surface area (TPSA) is 43.6 Å². The van der Waals surface area contributed by atoms with Gasteiger partial charge in [0, 0.05) is 53.2 Å². The molecule has 5 heteroatoms. The van der Waals surface area contributed by atoms with Crippen LogP contribution in [0.2, 0.25) is 0 Å². The zero-order chi connectivity index (χ0) is 36.2. The summed E-state index contributed by atoms with van der Waals surface area (Å²) in [5, 5.41) is 9.82. The van der Waals surface area contributed by atoms with Gasteiger partial charge in [0.25, 0.3) is 0 Å². The minimum absolute atomic E-state index is 0.588. The van der Waals surface area contributed by atoms with E-state index in [4.69, 9.17) is 15.0 Å². The van der Waals surface area contributed by atoms with Gasteiger partial charge in [-0.1, -0.05) is 166 Å². The number of rotatable bonds is 4. The Hall–Kier alpha value is -6.69. The number of thiophene rings is 1. The van der Waals surface area contributed by atoms with E-state index in [2.05, 4.69) is 138 Å². The van der Waals surface area contributed by atoms with Gasteiger partial charge in [-0.15, -0.1) is 11.3 Å². The summed E-state index contributed by atoms with van der Waals surface area (Å²) >= 11 is 1.87. The van der Waals surface area contributed by atoms with Crippen molar-refractivity contribution < 1.29 is 0 Å². The summed E-state index contributed by atoms with van der Waals surface area (Å²) in [7, 11) is 0. The Labute approximate surface area is 316 Å². The lowest BCUT2D eigenvalue weighted by Crippen LogP contribution is -2.07. The number of hydrogen-bond donors (Lipinski definition) is 0. The molecule has 8 aromatic carbocycles. The summed E-state index contributed by atoms with van der Waals surface area (Å²) < 4.78 is 4.83. The van der Waals surface area contributed by atoms with E-state index < -0.39 is 0 Å². The Kier molecular flexibility index (Phi) is 7.74. The number of fused-ring (bicyclic) bond motifs is 9. The van der Waals surface area contributed by atoms with Crippen LogP contribution in [0.15, 0.2) is 170 Å². The van der Waals surface area contributed by atoms with E-state index >= 15 is 0 Å². The van der Waals surface area contributed by atoms with Gasteiger partial charge in [0.1, 0.15) is 0 Å². The van der Waals surface area contributed by atoms with Gasteiger partial charge < -0.3 is 0 Å². The van der Waals surface area contributed by atoms with E-state index in [1.54, 1.807) is 0 Å². The summed E-state index contributed by atoms with van der Waals surface area (Å²) in [6, 6.07) is 60.2. The first-order valence-corrected chi connectivity index (χ1v) is 19.3. The molecule has 0 unspecified atom stereocenters. The predicted octanol–water partition coefficient (Wildman–Crippen LogP) is 13.7. The van der Waals surface area contributed by atoms with Gasteiger partial charge in [-0.3, -0.25) is 4.57 Å². The minimum Gasteiger partial charge on any atom is -0.277 e. The normalized spacial score (nSPS) is 11.5. The van der Waals surface area contributed by atoms with Crippen LogP contribution < -0.4 is 0 Å². The summed E-state index contributed by atoms with van der Waals surface area (Å²) in [4.78, 5) is 15.6. The van der Waals surface area contributed by atoms with Crippen LogP contribution >= 0.6 is 11.3 Å². The van der Waals surface area contributed by atoms with Crippen molar-refractivity contribution in [3.63, 3.8) is 0 Å². The molecule has 0 atom stereocenters. The van der Waals surface area contributed by atoms with Gasteiger partial charge in [0.05, 0.1) is 11.0 Å². The van der Waals surface area contributed by atoms with Crippen LogP contribution in [-0.2, 0) is 0 Å². The molecule has 0 saturated carbocycles. The maximum atomic E-state index is 5.26. The third-order valence-corrected chi connectivity index (χ3v) is 11.4. The Morgan fingerprint density at radius 3 is 1.72 bits per heavy atom. The van der Waals surface area contributed by atoms with E-state index in [1.165, 1.54) is 47.3 Å². The molecule has 256 valence electrons. The van der Waals surface area contributed by atoms with Crippen LogP contribution in [0.25, 0.3) is 103 Å². The van der Waals surface area contributed by atoms with Gasteiger partial charge in [-0.05, 0) is 39.7 Å². The quantitative estimate of drug-likeness (QED) is 0.183. The van der Waals surface area contributed by atoms with Crippen molar-refractivity contribution in [2.75, 3.05) is 0 Å². The predicted molar refractivity (Wildman–Crippen MR) is 230 cm³/mol. The van der Waals surface area contributed by atoms with Crippen LogP contribution in [0.4, 0.5) is 0 Å². The molecule has 11 aromatic rings. The van der Waals surface area contributed by atoms with Crippen LogP contribution in [0.3, 0.4) is 0 Å². The van der Waals surface area contributed by atoms with E-state index in [9.17, 15) is 0 Å². The van der Waals surface area contributed by atoms with Crippen molar-refractivity contribution in [1.29, 1.82) is 0 Å². The molecule has 0 amide bonds. The Morgan fingerprint density at radius 2 is 1.02 bits per heavy atom. The number of hydrogen-bond acceptors (Lipinski definition) is 4.